The number of aryl methyl sites for hydroxylation is 1. The number of likely N-dealkylation sites (tertiary alicyclic amines) is 1. The molecule has 3 heteroatoms. The van der Waals surface area contributed by atoms with Gasteiger partial charge in [0.2, 0.25) is 0 Å². The van der Waals surface area contributed by atoms with Crippen molar-refractivity contribution in [2.45, 2.75) is 65.5 Å². The van der Waals surface area contributed by atoms with Crippen molar-refractivity contribution >= 4 is 0 Å². The number of furan rings is 1. The normalized spacial score (nSPS) is 23.2. The quantitative estimate of drug-likeness (QED) is 0.909. The molecule has 2 heterocycles. The Morgan fingerprint density at radius 3 is 2.65 bits per heavy atom. The van der Waals surface area contributed by atoms with Gasteiger partial charge < -0.3 is 10.2 Å². The molecule has 1 saturated heterocycles. The summed E-state index contributed by atoms with van der Waals surface area (Å²) < 4.78 is 5.89. The van der Waals surface area contributed by atoms with Crippen molar-refractivity contribution in [1.82, 2.24) is 4.90 Å². The molecular formula is C17H30N2O. The molecule has 1 aromatic rings. The molecular weight excluding hydrogens is 248 g/mol. The SMILES string of the molecule is CCC(N)C(c1ccc(C)o1)N1CCCC(C)(C)CC1. The van der Waals surface area contributed by atoms with E-state index in [0.717, 1.165) is 31.0 Å². The maximum absolute atomic E-state index is 6.41. The highest BCUT2D eigenvalue weighted by Crippen LogP contribution is 2.34. The third-order valence-corrected chi connectivity index (χ3v) is 4.70. The molecule has 2 N–H and O–H groups in total. The van der Waals surface area contributed by atoms with Crippen LogP contribution in [0.2, 0.25) is 0 Å². The van der Waals surface area contributed by atoms with Crippen LogP contribution < -0.4 is 5.73 Å². The van der Waals surface area contributed by atoms with Crippen molar-refractivity contribution in [2.24, 2.45) is 11.1 Å². The Morgan fingerprint density at radius 1 is 1.30 bits per heavy atom. The predicted octanol–water partition coefficient (Wildman–Crippen LogP) is 3.88. The Morgan fingerprint density at radius 2 is 2.05 bits per heavy atom. The summed E-state index contributed by atoms with van der Waals surface area (Å²) in [6.07, 6.45) is 4.76. The van der Waals surface area contributed by atoms with Crippen molar-refractivity contribution in [2.75, 3.05) is 13.1 Å². The number of nitrogens with two attached hydrogens (primary N) is 1. The van der Waals surface area contributed by atoms with Crippen molar-refractivity contribution < 1.29 is 4.42 Å². The van der Waals surface area contributed by atoms with Crippen molar-refractivity contribution in [3.05, 3.63) is 23.7 Å². The first-order valence-electron chi connectivity index (χ1n) is 7.99. The summed E-state index contributed by atoms with van der Waals surface area (Å²) in [4.78, 5) is 2.54. The summed E-state index contributed by atoms with van der Waals surface area (Å²) in [6.45, 7) is 11.2. The van der Waals surface area contributed by atoms with E-state index in [1.165, 1.54) is 19.3 Å². The highest BCUT2D eigenvalue weighted by molar-refractivity contribution is 5.12. The number of hydrogen-bond donors (Lipinski definition) is 1. The van der Waals surface area contributed by atoms with Crippen LogP contribution in [0.3, 0.4) is 0 Å². The summed E-state index contributed by atoms with van der Waals surface area (Å²) in [5.41, 5.74) is 6.86. The molecule has 1 aromatic heterocycles. The van der Waals surface area contributed by atoms with E-state index in [1.807, 2.05) is 13.0 Å². The largest absolute Gasteiger partial charge is 0.465 e. The molecule has 20 heavy (non-hydrogen) atoms. The zero-order chi connectivity index (χ0) is 14.8. The van der Waals surface area contributed by atoms with Gasteiger partial charge >= 0.3 is 0 Å². The lowest BCUT2D eigenvalue weighted by Gasteiger charge is -2.33. The molecule has 2 rings (SSSR count). The lowest BCUT2D eigenvalue weighted by molar-refractivity contribution is 0.147. The molecule has 0 bridgehead atoms. The fraction of sp³-hybridized carbons (Fsp3) is 0.765. The van der Waals surface area contributed by atoms with Gasteiger partial charge in [0.1, 0.15) is 11.5 Å². The molecule has 2 unspecified atom stereocenters. The Bertz CT molecular complexity index is 424. The smallest absolute Gasteiger partial charge is 0.122 e. The maximum atomic E-state index is 6.41. The summed E-state index contributed by atoms with van der Waals surface area (Å²) in [7, 11) is 0. The van der Waals surface area contributed by atoms with E-state index in [9.17, 15) is 0 Å². The Hall–Kier alpha value is -0.800. The second-order valence-corrected chi connectivity index (χ2v) is 7.02. The van der Waals surface area contributed by atoms with E-state index in [-0.39, 0.29) is 12.1 Å². The highest BCUT2D eigenvalue weighted by Gasteiger charge is 2.32. The summed E-state index contributed by atoms with van der Waals surface area (Å²) in [6, 6.07) is 4.52. The van der Waals surface area contributed by atoms with E-state index in [1.54, 1.807) is 0 Å². The summed E-state index contributed by atoms with van der Waals surface area (Å²) >= 11 is 0. The van der Waals surface area contributed by atoms with Crippen molar-refractivity contribution in [3.8, 4) is 0 Å². The fourth-order valence-corrected chi connectivity index (χ4v) is 3.22. The van der Waals surface area contributed by atoms with Gasteiger partial charge in [-0.15, -0.1) is 0 Å². The molecule has 0 radical (unpaired) electrons. The topological polar surface area (TPSA) is 42.4 Å². The van der Waals surface area contributed by atoms with E-state index in [2.05, 4.69) is 31.7 Å². The first-order valence-corrected chi connectivity index (χ1v) is 7.99. The van der Waals surface area contributed by atoms with Crippen LogP contribution in [-0.2, 0) is 0 Å². The van der Waals surface area contributed by atoms with Crippen LogP contribution in [0, 0.1) is 12.3 Å². The average molecular weight is 278 g/mol. The van der Waals surface area contributed by atoms with Gasteiger partial charge in [-0.2, -0.15) is 0 Å². The van der Waals surface area contributed by atoms with Crippen LogP contribution in [0.5, 0.6) is 0 Å². The van der Waals surface area contributed by atoms with E-state index in [4.69, 9.17) is 10.2 Å². The first-order chi connectivity index (χ1) is 9.43. The molecule has 0 aliphatic carbocycles. The summed E-state index contributed by atoms with van der Waals surface area (Å²) in [5, 5.41) is 0. The Labute approximate surface area is 123 Å². The zero-order valence-electron chi connectivity index (χ0n) is 13.5. The lowest BCUT2D eigenvalue weighted by Crippen LogP contribution is -2.41. The van der Waals surface area contributed by atoms with Crippen LogP contribution in [-0.4, -0.2) is 24.0 Å². The molecule has 0 amide bonds. The van der Waals surface area contributed by atoms with Gasteiger partial charge in [0, 0.05) is 6.04 Å². The minimum Gasteiger partial charge on any atom is -0.465 e. The minimum atomic E-state index is 0.141. The Kier molecular flexibility index (Phi) is 4.92. The molecule has 3 nitrogen and oxygen atoms in total. The number of hydrogen-bond acceptors (Lipinski definition) is 3. The second-order valence-electron chi connectivity index (χ2n) is 7.02. The van der Waals surface area contributed by atoms with Gasteiger partial charge in [0.15, 0.2) is 0 Å². The van der Waals surface area contributed by atoms with Gasteiger partial charge in [-0.3, -0.25) is 4.90 Å². The summed E-state index contributed by atoms with van der Waals surface area (Å²) in [5.74, 6) is 2.01. The number of nitrogens with zero attached hydrogens (tertiary/aromatic N) is 1. The maximum Gasteiger partial charge on any atom is 0.122 e. The van der Waals surface area contributed by atoms with Crippen LogP contribution in [0.25, 0.3) is 0 Å². The minimum absolute atomic E-state index is 0.141. The van der Waals surface area contributed by atoms with E-state index in [0.29, 0.717) is 5.41 Å². The third-order valence-electron chi connectivity index (χ3n) is 4.70. The molecule has 114 valence electrons. The second kappa shape index (κ2) is 6.31. The van der Waals surface area contributed by atoms with Gasteiger partial charge in [0.05, 0.1) is 6.04 Å². The Balaban J connectivity index is 2.18. The molecule has 1 fully saturated rings. The van der Waals surface area contributed by atoms with E-state index >= 15 is 0 Å². The fourth-order valence-electron chi connectivity index (χ4n) is 3.22. The van der Waals surface area contributed by atoms with Gasteiger partial charge in [0.25, 0.3) is 0 Å². The standard InChI is InChI=1S/C17H30N2O/c1-5-14(18)16(15-8-7-13(2)20-15)19-11-6-9-17(3,4)10-12-19/h7-8,14,16H,5-6,9-12,18H2,1-4H3. The predicted molar refractivity (Wildman–Crippen MR) is 83.7 cm³/mol. The third kappa shape index (κ3) is 3.64. The number of rotatable bonds is 4. The molecule has 2 atom stereocenters. The van der Waals surface area contributed by atoms with Crippen molar-refractivity contribution in [3.63, 3.8) is 0 Å². The van der Waals surface area contributed by atoms with Crippen LogP contribution >= 0.6 is 0 Å². The molecule has 1 aliphatic rings. The molecule has 0 spiro atoms. The highest BCUT2D eigenvalue weighted by atomic mass is 16.3. The average Bonchev–Trinajstić information content (AvgIpc) is 2.73. The van der Waals surface area contributed by atoms with Gasteiger partial charge in [-0.1, -0.05) is 20.8 Å². The van der Waals surface area contributed by atoms with Crippen LogP contribution in [0.15, 0.2) is 16.5 Å². The molecule has 1 aliphatic heterocycles. The lowest BCUT2D eigenvalue weighted by atomic mass is 9.85. The molecule has 0 saturated carbocycles. The van der Waals surface area contributed by atoms with Gasteiger partial charge in [-0.05, 0) is 63.2 Å². The van der Waals surface area contributed by atoms with Gasteiger partial charge in [-0.25, -0.2) is 0 Å². The first kappa shape index (κ1) is 15.6. The monoisotopic (exact) mass is 278 g/mol. The zero-order valence-corrected chi connectivity index (χ0v) is 13.5. The molecule has 0 aromatic carbocycles. The van der Waals surface area contributed by atoms with Crippen LogP contribution in [0.4, 0.5) is 0 Å². The van der Waals surface area contributed by atoms with Crippen LogP contribution in [0.1, 0.15) is 64.0 Å². The van der Waals surface area contributed by atoms with Crippen molar-refractivity contribution in [1.29, 1.82) is 0 Å². The van der Waals surface area contributed by atoms with E-state index < -0.39 is 0 Å².